The lowest BCUT2D eigenvalue weighted by molar-refractivity contribution is 0.189. The van der Waals surface area contributed by atoms with Crippen molar-refractivity contribution < 1.29 is 0 Å². The summed E-state index contributed by atoms with van der Waals surface area (Å²) in [6.45, 7) is 11.1. The van der Waals surface area contributed by atoms with Crippen molar-refractivity contribution in [2.45, 2.75) is 77.9 Å². The largest absolute Gasteiger partial charge is 0.303 e. The fourth-order valence-electron chi connectivity index (χ4n) is 2.95. The van der Waals surface area contributed by atoms with Gasteiger partial charge < -0.3 is 4.90 Å². The van der Waals surface area contributed by atoms with E-state index < -0.39 is 0 Å². The lowest BCUT2D eigenvalue weighted by Gasteiger charge is -2.35. The topological polar surface area (TPSA) is 39.3 Å². The highest BCUT2D eigenvalue weighted by atomic mass is 15.3. The average molecular weight is 315 g/mol. The summed E-state index contributed by atoms with van der Waals surface area (Å²) in [4.78, 5) is 2.46. The fraction of sp³-hybridized carbons (Fsp3) is 1.00. The normalized spacial score (nSPS) is 12.3. The Hall–Kier alpha value is -0.160. The Balaban J connectivity index is 3.94. The van der Waals surface area contributed by atoms with E-state index in [9.17, 15) is 0 Å². The number of nitrogens with one attached hydrogen (secondary N) is 3. The SMILES string of the molecule is CCCCCCCCCC(NC)(NC)NCCN(CC)CC. The van der Waals surface area contributed by atoms with Crippen LogP contribution in [0, 0.1) is 0 Å². The maximum absolute atomic E-state index is 3.68. The summed E-state index contributed by atoms with van der Waals surface area (Å²) in [6.07, 6.45) is 10.6. The molecule has 0 saturated heterocycles. The molecular formula is C18H42N4. The van der Waals surface area contributed by atoms with Gasteiger partial charge in [-0.2, -0.15) is 0 Å². The number of nitrogens with zero attached hydrogens (tertiary/aromatic N) is 1. The summed E-state index contributed by atoms with van der Waals surface area (Å²) in [6, 6.07) is 0. The molecule has 0 fully saturated rings. The predicted molar refractivity (Wildman–Crippen MR) is 99.3 cm³/mol. The summed E-state index contributed by atoms with van der Waals surface area (Å²) in [7, 11) is 4.09. The summed E-state index contributed by atoms with van der Waals surface area (Å²) in [5, 5.41) is 10.6. The van der Waals surface area contributed by atoms with E-state index in [1.165, 1.54) is 44.9 Å². The average Bonchev–Trinajstić information content (AvgIpc) is 2.56. The molecule has 134 valence electrons. The van der Waals surface area contributed by atoms with E-state index in [0.717, 1.165) is 32.6 Å². The third kappa shape index (κ3) is 9.78. The third-order valence-corrected chi connectivity index (χ3v) is 4.76. The van der Waals surface area contributed by atoms with Crippen molar-refractivity contribution in [3.8, 4) is 0 Å². The summed E-state index contributed by atoms with van der Waals surface area (Å²) >= 11 is 0. The number of unbranched alkanes of at least 4 members (excludes halogenated alkanes) is 6. The van der Waals surface area contributed by atoms with Crippen LogP contribution in [0.1, 0.15) is 72.1 Å². The van der Waals surface area contributed by atoms with Crippen molar-refractivity contribution in [3.63, 3.8) is 0 Å². The molecule has 0 saturated carbocycles. The van der Waals surface area contributed by atoms with E-state index in [0.29, 0.717) is 0 Å². The van der Waals surface area contributed by atoms with E-state index in [4.69, 9.17) is 0 Å². The second-order valence-electron chi connectivity index (χ2n) is 6.23. The standard InChI is InChI=1S/C18H42N4/c1-6-9-10-11-12-13-14-15-18(19-4,20-5)21-16-17-22(7-2)8-3/h19-21H,6-17H2,1-5H3. The van der Waals surface area contributed by atoms with Crippen molar-refractivity contribution in [1.82, 2.24) is 20.9 Å². The van der Waals surface area contributed by atoms with Crippen molar-refractivity contribution in [1.29, 1.82) is 0 Å². The highest BCUT2D eigenvalue weighted by molar-refractivity contribution is 4.80. The molecule has 0 aliphatic heterocycles. The minimum Gasteiger partial charge on any atom is -0.303 e. The highest BCUT2D eigenvalue weighted by Gasteiger charge is 2.24. The first kappa shape index (κ1) is 21.8. The number of rotatable bonds is 16. The molecule has 0 atom stereocenters. The molecule has 0 radical (unpaired) electrons. The van der Waals surface area contributed by atoms with Crippen molar-refractivity contribution in [3.05, 3.63) is 0 Å². The molecule has 4 heteroatoms. The maximum atomic E-state index is 3.68. The Kier molecular flexibility index (Phi) is 14.3. The van der Waals surface area contributed by atoms with Gasteiger partial charge in [0.2, 0.25) is 0 Å². The zero-order chi connectivity index (χ0) is 16.7. The molecule has 0 amide bonds. The van der Waals surface area contributed by atoms with Gasteiger partial charge in [0.25, 0.3) is 0 Å². The quantitative estimate of drug-likeness (QED) is 0.302. The molecule has 0 rings (SSSR count). The number of hydrogen-bond acceptors (Lipinski definition) is 4. The van der Waals surface area contributed by atoms with Gasteiger partial charge in [-0.1, -0.05) is 59.3 Å². The van der Waals surface area contributed by atoms with Gasteiger partial charge in [0.05, 0.1) is 0 Å². The van der Waals surface area contributed by atoms with Gasteiger partial charge >= 0.3 is 0 Å². The van der Waals surface area contributed by atoms with Crippen LogP contribution in [-0.2, 0) is 0 Å². The van der Waals surface area contributed by atoms with Crippen LogP contribution >= 0.6 is 0 Å². The van der Waals surface area contributed by atoms with E-state index in [2.05, 4.69) is 41.6 Å². The monoisotopic (exact) mass is 314 g/mol. The van der Waals surface area contributed by atoms with Gasteiger partial charge in [0.15, 0.2) is 0 Å². The molecule has 0 aromatic heterocycles. The molecule has 0 unspecified atom stereocenters. The van der Waals surface area contributed by atoms with Crippen LogP contribution in [0.4, 0.5) is 0 Å². The minimum absolute atomic E-state index is 0.115. The van der Waals surface area contributed by atoms with Crippen LogP contribution in [0.15, 0.2) is 0 Å². The Labute approximate surface area is 139 Å². The minimum atomic E-state index is -0.115. The summed E-state index contributed by atoms with van der Waals surface area (Å²) < 4.78 is 0. The fourth-order valence-corrected chi connectivity index (χ4v) is 2.95. The second-order valence-corrected chi connectivity index (χ2v) is 6.23. The number of hydrogen-bond donors (Lipinski definition) is 3. The number of likely N-dealkylation sites (N-methyl/N-ethyl adjacent to an activating group) is 1. The van der Waals surface area contributed by atoms with Crippen molar-refractivity contribution >= 4 is 0 Å². The first-order valence-corrected chi connectivity index (χ1v) is 9.53. The molecule has 4 nitrogen and oxygen atoms in total. The van der Waals surface area contributed by atoms with Crippen LogP contribution in [0.5, 0.6) is 0 Å². The van der Waals surface area contributed by atoms with Gasteiger partial charge in [-0.05, 0) is 40.0 Å². The van der Waals surface area contributed by atoms with Gasteiger partial charge in [0.1, 0.15) is 5.79 Å². The second kappa shape index (κ2) is 14.4. The molecule has 3 N–H and O–H groups in total. The highest BCUT2D eigenvalue weighted by Crippen LogP contribution is 2.12. The van der Waals surface area contributed by atoms with Crippen LogP contribution in [-0.4, -0.2) is 51.0 Å². The van der Waals surface area contributed by atoms with E-state index >= 15 is 0 Å². The van der Waals surface area contributed by atoms with E-state index in [1.807, 2.05) is 14.1 Å². The first-order chi connectivity index (χ1) is 10.7. The van der Waals surface area contributed by atoms with Crippen LogP contribution in [0.25, 0.3) is 0 Å². The van der Waals surface area contributed by atoms with Crippen LogP contribution < -0.4 is 16.0 Å². The molecule has 0 bridgehead atoms. The predicted octanol–water partition coefficient (Wildman–Crippen LogP) is 3.15. The lowest BCUT2D eigenvalue weighted by atomic mass is 10.1. The molecule has 0 aliphatic carbocycles. The molecule has 0 aliphatic rings. The first-order valence-electron chi connectivity index (χ1n) is 9.53. The van der Waals surface area contributed by atoms with E-state index in [1.54, 1.807) is 0 Å². The smallest absolute Gasteiger partial charge is 0.122 e. The summed E-state index contributed by atoms with van der Waals surface area (Å²) in [5.74, 6) is -0.115. The Morgan fingerprint density at radius 3 is 1.82 bits per heavy atom. The molecule has 0 heterocycles. The molecular weight excluding hydrogens is 272 g/mol. The Morgan fingerprint density at radius 2 is 1.32 bits per heavy atom. The third-order valence-electron chi connectivity index (χ3n) is 4.76. The lowest BCUT2D eigenvalue weighted by Crippen LogP contribution is -2.65. The van der Waals surface area contributed by atoms with Gasteiger partial charge in [-0.15, -0.1) is 0 Å². The Bertz CT molecular complexity index is 225. The molecule has 0 aromatic carbocycles. The molecule has 0 aromatic rings. The zero-order valence-electron chi connectivity index (χ0n) is 15.9. The molecule has 22 heavy (non-hydrogen) atoms. The maximum Gasteiger partial charge on any atom is 0.122 e. The van der Waals surface area contributed by atoms with Gasteiger partial charge in [-0.25, -0.2) is 0 Å². The zero-order valence-corrected chi connectivity index (χ0v) is 15.9. The van der Waals surface area contributed by atoms with Crippen LogP contribution in [0.2, 0.25) is 0 Å². The van der Waals surface area contributed by atoms with E-state index in [-0.39, 0.29) is 5.79 Å². The molecule has 0 spiro atoms. The van der Waals surface area contributed by atoms with Gasteiger partial charge in [0, 0.05) is 13.1 Å². The summed E-state index contributed by atoms with van der Waals surface area (Å²) in [5.41, 5.74) is 0. The Morgan fingerprint density at radius 1 is 0.773 bits per heavy atom. The van der Waals surface area contributed by atoms with Crippen molar-refractivity contribution in [2.24, 2.45) is 0 Å². The van der Waals surface area contributed by atoms with Crippen LogP contribution in [0.3, 0.4) is 0 Å². The van der Waals surface area contributed by atoms with Gasteiger partial charge in [-0.3, -0.25) is 16.0 Å². The van der Waals surface area contributed by atoms with Crippen molar-refractivity contribution in [2.75, 3.05) is 40.3 Å².